The molecular formula is C31H48O4. The van der Waals surface area contributed by atoms with Crippen molar-refractivity contribution < 1.29 is 19.8 Å². The quantitative estimate of drug-likeness (QED) is 0.322. The Balaban J connectivity index is 1.61. The second-order valence-corrected chi connectivity index (χ2v) is 15.5. The first-order chi connectivity index (χ1) is 16.1. The maximum absolute atomic E-state index is 14.3. The molecule has 0 saturated heterocycles. The van der Waals surface area contributed by atoms with Gasteiger partial charge in [-0.25, -0.2) is 0 Å². The van der Waals surface area contributed by atoms with Crippen LogP contribution in [0.2, 0.25) is 0 Å². The summed E-state index contributed by atoms with van der Waals surface area (Å²) in [5.74, 6) is 1.15. The molecule has 0 aromatic rings. The third-order valence-corrected chi connectivity index (χ3v) is 13.3. The van der Waals surface area contributed by atoms with Crippen LogP contribution in [0.1, 0.15) is 106 Å². The number of rotatable bonds is 1. The lowest BCUT2D eigenvalue weighted by Gasteiger charge is -2.72. The van der Waals surface area contributed by atoms with Crippen molar-refractivity contribution in [2.24, 2.45) is 56.2 Å². The molecule has 0 spiro atoms. The molecule has 0 aromatic carbocycles. The standard InChI is InChI=1S/C31H48O4/c1-26(2)10-12-31(18-33)13-11-30(7)24(20(31)16-26)21(34)14-23-28(5)15-19(17-32)25(35)27(3,4)22(28)8-9-29(23,30)6/h17,20,22-24,32-33H,8-16,18H2,1-7H3/b19-17-/t20-,22?,23+,24-,28-,29+,30+,31+/m0/s1. The van der Waals surface area contributed by atoms with Crippen LogP contribution < -0.4 is 0 Å². The maximum Gasteiger partial charge on any atom is 0.167 e. The van der Waals surface area contributed by atoms with Crippen LogP contribution in [-0.2, 0) is 9.59 Å². The third-order valence-electron chi connectivity index (χ3n) is 13.3. The molecule has 5 rings (SSSR count). The lowest BCUT2D eigenvalue weighted by Crippen LogP contribution is -2.69. The molecule has 35 heavy (non-hydrogen) atoms. The number of carbonyl (C=O) groups excluding carboxylic acids is 2. The van der Waals surface area contributed by atoms with Crippen LogP contribution in [0.5, 0.6) is 0 Å². The Morgan fingerprint density at radius 3 is 2.17 bits per heavy atom. The van der Waals surface area contributed by atoms with Gasteiger partial charge in [0.2, 0.25) is 0 Å². The first-order valence-electron chi connectivity index (χ1n) is 14.1. The van der Waals surface area contributed by atoms with Gasteiger partial charge in [-0.15, -0.1) is 0 Å². The molecule has 5 aliphatic rings. The molecule has 1 unspecified atom stereocenters. The molecule has 4 nitrogen and oxygen atoms in total. The summed E-state index contributed by atoms with van der Waals surface area (Å²) in [6.07, 6.45) is 9.44. The zero-order chi connectivity index (χ0) is 25.8. The zero-order valence-corrected chi connectivity index (χ0v) is 23.2. The summed E-state index contributed by atoms with van der Waals surface area (Å²) in [7, 11) is 0. The average molecular weight is 485 g/mol. The SMILES string of the molecule is CC1(C)CC[C@]2(CO)CC[C@]3(C)[C@H](C(=O)C[C@@H]4[C@@]5(C)C/C(=C/O)C(=O)C(C)(C)C5CC[C@]43C)[C@@H]2C1. The van der Waals surface area contributed by atoms with E-state index >= 15 is 0 Å². The molecule has 0 aliphatic heterocycles. The summed E-state index contributed by atoms with van der Waals surface area (Å²) in [6, 6.07) is 0. The van der Waals surface area contributed by atoms with Gasteiger partial charge in [0.05, 0.1) is 6.26 Å². The number of Topliss-reactive ketones (excluding diaryl/α,β-unsaturated/α-hetero) is 2. The first kappa shape index (κ1) is 25.5. The number of aliphatic hydroxyl groups is 2. The molecule has 5 fully saturated rings. The van der Waals surface area contributed by atoms with Crippen LogP contribution in [0.4, 0.5) is 0 Å². The Morgan fingerprint density at radius 1 is 0.886 bits per heavy atom. The van der Waals surface area contributed by atoms with E-state index in [-0.39, 0.29) is 63.1 Å². The van der Waals surface area contributed by atoms with Crippen LogP contribution >= 0.6 is 0 Å². The second-order valence-electron chi connectivity index (χ2n) is 15.5. The summed E-state index contributed by atoms with van der Waals surface area (Å²) >= 11 is 0. The minimum Gasteiger partial charge on any atom is -0.515 e. The van der Waals surface area contributed by atoms with Gasteiger partial charge in [0.25, 0.3) is 0 Å². The van der Waals surface area contributed by atoms with E-state index in [0.717, 1.165) is 51.2 Å². The fraction of sp³-hybridized carbons (Fsp3) is 0.871. The maximum atomic E-state index is 14.3. The van der Waals surface area contributed by atoms with Crippen molar-refractivity contribution in [2.75, 3.05) is 6.61 Å². The molecule has 5 saturated carbocycles. The van der Waals surface area contributed by atoms with Crippen molar-refractivity contribution >= 4 is 11.6 Å². The van der Waals surface area contributed by atoms with Gasteiger partial charge in [-0.05, 0) is 96.2 Å². The molecule has 5 aliphatic carbocycles. The number of carbonyl (C=O) groups is 2. The van der Waals surface area contributed by atoms with Crippen LogP contribution in [0.25, 0.3) is 0 Å². The highest BCUT2D eigenvalue weighted by Crippen LogP contribution is 2.76. The molecule has 0 aromatic heterocycles. The fourth-order valence-corrected chi connectivity index (χ4v) is 11.1. The van der Waals surface area contributed by atoms with Crippen LogP contribution in [0.15, 0.2) is 11.8 Å². The number of allylic oxidation sites excluding steroid dienone is 1. The number of ketones is 2. The molecule has 8 atom stereocenters. The molecule has 0 amide bonds. The Labute approximate surface area is 212 Å². The molecule has 196 valence electrons. The van der Waals surface area contributed by atoms with Crippen molar-refractivity contribution in [1.29, 1.82) is 0 Å². The van der Waals surface area contributed by atoms with Gasteiger partial charge in [-0.1, -0.05) is 48.5 Å². The molecule has 0 radical (unpaired) electrons. The number of hydrogen-bond donors (Lipinski definition) is 2. The zero-order valence-electron chi connectivity index (χ0n) is 23.2. The first-order valence-corrected chi connectivity index (χ1v) is 14.1. The van der Waals surface area contributed by atoms with E-state index < -0.39 is 5.41 Å². The minimum absolute atomic E-state index is 0.00291. The van der Waals surface area contributed by atoms with Gasteiger partial charge >= 0.3 is 0 Å². The van der Waals surface area contributed by atoms with E-state index in [1.807, 2.05) is 0 Å². The second kappa shape index (κ2) is 7.45. The van der Waals surface area contributed by atoms with Crippen molar-refractivity contribution in [3.63, 3.8) is 0 Å². The van der Waals surface area contributed by atoms with Crippen molar-refractivity contribution in [1.82, 2.24) is 0 Å². The minimum atomic E-state index is -0.532. The molecule has 4 heteroatoms. The van der Waals surface area contributed by atoms with Gasteiger partial charge in [0.15, 0.2) is 5.78 Å². The highest BCUT2D eigenvalue weighted by molar-refractivity contribution is 6.00. The third kappa shape index (κ3) is 3.07. The van der Waals surface area contributed by atoms with E-state index in [0.29, 0.717) is 24.2 Å². The summed E-state index contributed by atoms with van der Waals surface area (Å²) in [5.41, 5.74) is -0.197. The summed E-state index contributed by atoms with van der Waals surface area (Å²) in [5, 5.41) is 20.7. The summed E-state index contributed by atoms with van der Waals surface area (Å²) in [4.78, 5) is 27.6. The van der Waals surface area contributed by atoms with Gasteiger partial charge < -0.3 is 10.2 Å². The van der Waals surface area contributed by atoms with Crippen LogP contribution in [0.3, 0.4) is 0 Å². The largest absolute Gasteiger partial charge is 0.515 e. The van der Waals surface area contributed by atoms with Crippen LogP contribution in [0, 0.1) is 56.2 Å². The molecule has 0 heterocycles. The highest BCUT2D eigenvalue weighted by atomic mass is 16.3. The van der Waals surface area contributed by atoms with Gasteiger partial charge in [0.1, 0.15) is 5.78 Å². The lowest BCUT2D eigenvalue weighted by molar-refractivity contribution is -0.234. The Morgan fingerprint density at radius 2 is 1.54 bits per heavy atom. The van der Waals surface area contributed by atoms with Gasteiger partial charge in [-0.2, -0.15) is 0 Å². The highest BCUT2D eigenvalue weighted by Gasteiger charge is 2.72. The summed E-state index contributed by atoms with van der Waals surface area (Å²) in [6.45, 7) is 16.2. The Bertz CT molecular complexity index is 976. The van der Waals surface area contributed by atoms with Crippen LogP contribution in [-0.4, -0.2) is 28.4 Å². The predicted molar refractivity (Wildman–Crippen MR) is 138 cm³/mol. The lowest BCUT2D eigenvalue weighted by atomic mass is 9.31. The topological polar surface area (TPSA) is 74.6 Å². The number of aliphatic hydroxyl groups excluding tert-OH is 2. The summed E-state index contributed by atoms with van der Waals surface area (Å²) < 4.78 is 0. The van der Waals surface area contributed by atoms with E-state index in [4.69, 9.17) is 0 Å². The van der Waals surface area contributed by atoms with Crippen molar-refractivity contribution in [3.05, 3.63) is 11.8 Å². The number of fused-ring (bicyclic) bond motifs is 7. The fourth-order valence-electron chi connectivity index (χ4n) is 11.1. The Kier molecular flexibility index (Phi) is 5.43. The van der Waals surface area contributed by atoms with Crippen molar-refractivity contribution in [2.45, 2.75) is 106 Å². The Hall–Kier alpha value is -1.16. The van der Waals surface area contributed by atoms with E-state index in [2.05, 4.69) is 48.5 Å². The van der Waals surface area contributed by atoms with E-state index in [1.54, 1.807) is 0 Å². The monoisotopic (exact) mass is 484 g/mol. The molecular weight excluding hydrogens is 436 g/mol. The van der Waals surface area contributed by atoms with Crippen molar-refractivity contribution in [3.8, 4) is 0 Å². The van der Waals surface area contributed by atoms with E-state index in [1.165, 1.54) is 0 Å². The van der Waals surface area contributed by atoms with Gasteiger partial charge in [0, 0.05) is 29.9 Å². The van der Waals surface area contributed by atoms with E-state index in [9.17, 15) is 19.8 Å². The normalized spacial score (nSPS) is 51.7. The van der Waals surface area contributed by atoms with Gasteiger partial charge in [-0.3, -0.25) is 9.59 Å². The smallest absolute Gasteiger partial charge is 0.167 e. The molecule has 2 N–H and O–H groups in total. The predicted octanol–water partition coefficient (Wildman–Crippen LogP) is 6.66. The number of hydrogen-bond acceptors (Lipinski definition) is 4. The molecule has 0 bridgehead atoms. The average Bonchev–Trinajstić information content (AvgIpc) is 2.77.